The minimum atomic E-state index is -4.63. The van der Waals surface area contributed by atoms with Gasteiger partial charge in [-0.1, -0.05) is 11.6 Å². The number of hydrogen-bond donors (Lipinski definition) is 2. The molecule has 0 bridgehead atoms. The lowest BCUT2D eigenvalue weighted by atomic mass is 10.0. The van der Waals surface area contributed by atoms with Crippen LogP contribution < -0.4 is 20.7 Å². The summed E-state index contributed by atoms with van der Waals surface area (Å²) < 4.78 is 46.6. The van der Waals surface area contributed by atoms with E-state index in [0.29, 0.717) is 29.8 Å². The van der Waals surface area contributed by atoms with Crippen LogP contribution in [0.1, 0.15) is 19.4 Å². The number of anilines is 2. The summed E-state index contributed by atoms with van der Waals surface area (Å²) in [6, 6.07) is 5.21. The monoisotopic (exact) mass is 466 g/mol. The number of hydrogen-bond acceptors (Lipinski definition) is 7. The van der Waals surface area contributed by atoms with Gasteiger partial charge in [0.15, 0.2) is 0 Å². The molecule has 4 rings (SSSR count). The highest BCUT2D eigenvalue weighted by atomic mass is 35.5. The molecule has 1 aliphatic heterocycles. The number of alkyl halides is 3. The van der Waals surface area contributed by atoms with E-state index in [4.69, 9.17) is 22.1 Å². The Hall–Kier alpha value is -2.85. The van der Waals surface area contributed by atoms with Crippen LogP contribution in [0, 0.1) is 0 Å². The van der Waals surface area contributed by atoms with Crippen LogP contribution in [-0.2, 0) is 6.18 Å². The van der Waals surface area contributed by atoms with Crippen LogP contribution in [0.5, 0.6) is 6.01 Å². The lowest BCUT2D eigenvalue weighted by molar-refractivity contribution is -0.137. The van der Waals surface area contributed by atoms with E-state index < -0.39 is 11.7 Å². The minimum Gasteiger partial charge on any atom is -0.461 e. The van der Waals surface area contributed by atoms with Gasteiger partial charge in [-0.2, -0.15) is 23.1 Å². The molecule has 0 aliphatic carbocycles. The molecule has 3 heterocycles. The molecule has 7 nitrogen and oxygen atoms in total. The summed E-state index contributed by atoms with van der Waals surface area (Å²) in [6.45, 7) is 6.66. The molecule has 170 valence electrons. The number of benzene rings is 1. The van der Waals surface area contributed by atoms with Crippen LogP contribution in [0.2, 0.25) is 5.02 Å². The van der Waals surface area contributed by atoms with E-state index in [-0.39, 0.29) is 34.2 Å². The first-order valence-corrected chi connectivity index (χ1v) is 10.5. The first kappa shape index (κ1) is 22.3. The number of nitrogens with two attached hydrogens (primary N) is 1. The fourth-order valence-corrected chi connectivity index (χ4v) is 3.84. The van der Waals surface area contributed by atoms with Gasteiger partial charge in [0.05, 0.1) is 27.9 Å². The average molecular weight is 467 g/mol. The van der Waals surface area contributed by atoms with Gasteiger partial charge in [0, 0.05) is 37.1 Å². The second-order valence-electron chi connectivity index (χ2n) is 7.71. The largest absolute Gasteiger partial charge is 0.461 e. The minimum absolute atomic E-state index is 0.0443. The fraction of sp³-hybridized carbons (Fsp3) is 0.381. The molecule has 11 heteroatoms. The highest BCUT2D eigenvalue weighted by Gasteiger charge is 2.35. The molecule has 3 aromatic rings. The zero-order chi connectivity index (χ0) is 23.0. The van der Waals surface area contributed by atoms with Crippen molar-refractivity contribution in [2.75, 3.05) is 36.8 Å². The SMILES string of the molecule is CC(C)Oc1nc(N2CCNCC2)c2cc(Cl)c(-c3nc(N)ccc3C(F)(F)F)cc2n1. The Morgan fingerprint density at radius 1 is 1.12 bits per heavy atom. The second-order valence-corrected chi connectivity index (χ2v) is 8.12. The van der Waals surface area contributed by atoms with Gasteiger partial charge < -0.3 is 20.7 Å². The number of fused-ring (bicyclic) bond motifs is 1. The van der Waals surface area contributed by atoms with E-state index in [1.54, 1.807) is 6.07 Å². The fourth-order valence-electron chi connectivity index (χ4n) is 3.58. The molecule has 1 aromatic carbocycles. The molecule has 1 fully saturated rings. The lowest BCUT2D eigenvalue weighted by Gasteiger charge is -2.29. The van der Waals surface area contributed by atoms with Crippen LogP contribution in [-0.4, -0.2) is 47.2 Å². The number of nitrogens with one attached hydrogen (secondary N) is 1. The molecule has 32 heavy (non-hydrogen) atoms. The van der Waals surface area contributed by atoms with Crippen molar-refractivity contribution in [2.24, 2.45) is 0 Å². The third-order valence-electron chi connectivity index (χ3n) is 4.98. The van der Waals surface area contributed by atoms with E-state index >= 15 is 0 Å². The van der Waals surface area contributed by atoms with Gasteiger partial charge >= 0.3 is 12.2 Å². The predicted octanol–water partition coefficient (Wildman–Crippen LogP) is 4.14. The molecule has 0 unspecified atom stereocenters. The number of aromatic nitrogens is 3. The van der Waals surface area contributed by atoms with Crippen LogP contribution in [0.3, 0.4) is 0 Å². The molecule has 0 amide bonds. The van der Waals surface area contributed by atoms with E-state index in [1.165, 1.54) is 6.07 Å². The Kier molecular flexibility index (Phi) is 6.00. The molecule has 1 saturated heterocycles. The van der Waals surface area contributed by atoms with Crippen molar-refractivity contribution in [2.45, 2.75) is 26.1 Å². The van der Waals surface area contributed by atoms with Crippen LogP contribution in [0.25, 0.3) is 22.2 Å². The number of pyridine rings is 1. The number of halogens is 4. The zero-order valence-electron chi connectivity index (χ0n) is 17.5. The maximum absolute atomic E-state index is 13.6. The van der Waals surface area contributed by atoms with Crippen molar-refractivity contribution in [3.05, 3.63) is 34.9 Å². The summed E-state index contributed by atoms with van der Waals surface area (Å²) in [6.07, 6.45) is -4.81. The average Bonchev–Trinajstić information content (AvgIpc) is 2.72. The van der Waals surface area contributed by atoms with Crippen molar-refractivity contribution >= 4 is 34.1 Å². The zero-order valence-corrected chi connectivity index (χ0v) is 18.3. The van der Waals surface area contributed by atoms with Crippen molar-refractivity contribution < 1.29 is 17.9 Å². The maximum Gasteiger partial charge on any atom is 0.418 e. The second kappa shape index (κ2) is 8.59. The Morgan fingerprint density at radius 2 is 1.84 bits per heavy atom. The number of nitrogens with zero attached hydrogens (tertiary/aromatic N) is 4. The summed E-state index contributed by atoms with van der Waals surface area (Å²) in [7, 11) is 0. The Bertz CT molecular complexity index is 1150. The van der Waals surface area contributed by atoms with E-state index in [9.17, 15) is 13.2 Å². The standard InChI is InChI=1S/C21H22ClF3N6O/c1-11(2)32-20-28-16-10-12(18-14(21(23,24)25)3-4-17(26)29-18)15(22)9-13(16)19(30-20)31-7-5-27-6-8-31/h3-4,9-11,27H,5-8H2,1-2H3,(H2,26,29). The van der Waals surface area contributed by atoms with Gasteiger partial charge in [0.1, 0.15) is 11.6 Å². The third-order valence-corrected chi connectivity index (χ3v) is 5.29. The van der Waals surface area contributed by atoms with Crippen molar-refractivity contribution in [1.82, 2.24) is 20.3 Å². The first-order valence-electron chi connectivity index (χ1n) is 10.1. The van der Waals surface area contributed by atoms with Gasteiger partial charge in [-0.15, -0.1) is 0 Å². The summed E-state index contributed by atoms with van der Waals surface area (Å²) in [5.74, 6) is 0.578. The first-order chi connectivity index (χ1) is 15.1. The normalized spacial score (nSPS) is 14.9. The number of piperazine rings is 1. The van der Waals surface area contributed by atoms with Gasteiger partial charge in [0.25, 0.3) is 0 Å². The molecule has 0 spiro atoms. The highest BCUT2D eigenvalue weighted by Crippen LogP contribution is 2.41. The number of ether oxygens (including phenoxy) is 1. The Morgan fingerprint density at radius 3 is 2.50 bits per heavy atom. The van der Waals surface area contributed by atoms with Crippen LogP contribution in [0.4, 0.5) is 24.8 Å². The van der Waals surface area contributed by atoms with Crippen LogP contribution in [0.15, 0.2) is 24.3 Å². The van der Waals surface area contributed by atoms with Gasteiger partial charge in [0.2, 0.25) is 0 Å². The summed E-state index contributed by atoms with van der Waals surface area (Å²) >= 11 is 6.48. The maximum atomic E-state index is 13.6. The summed E-state index contributed by atoms with van der Waals surface area (Å²) in [5, 5.41) is 3.99. The van der Waals surface area contributed by atoms with Crippen molar-refractivity contribution in [3.63, 3.8) is 0 Å². The predicted molar refractivity (Wildman–Crippen MR) is 118 cm³/mol. The van der Waals surface area contributed by atoms with E-state index in [0.717, 1.165) is 25.2 Å². The molecule has 3 N–H and O–H groups in total. The smallest absolute Gasteiger partial charge is 0.418 e. The molecule has 0 atom stereocenters. The number of nitrogen functional groups attached to an aromatic ring is 1. The number of rotatable bonds is 4. The Balaban J connectivity index is 1.94. The van der Waals surface area contributed by atoms with E-state index in [1.807, 2.05) is 13.8 Å². The summed E-state index contributed by atoms with van der Waals surface area (Å²) in [5.41, 5.74) is 4.90. The van der Waals surface area contributed by atoms with Gasteiger partial charge in [-0.05, 0) is 38.1 Å². The van der Waals surface area contributed by atoms with Crippen LogP contribution >= 0.6 is 11.6 Å². The third kappa shape index (κ3) is 4.51. The molecule has 0 saturated carbocycles. The quantitative estimate of drug-likeness (QED) is 0.597. The molecular weight excluding hydrogens is 445 g/mol. The molecule has 1 aliphatic rings. The lowest BCUT2D eigenvalue weighted by Crippen LogP contribution is -2.44. The molecular formula is C21H22ClF3N6O. The summed E-state index contributed by atoms with van der Waals surface area (Å²) in [4.78, 5) is 15.0. The van der Waals surface area contributed by atoms with Crippen molar-refractivity contribution in [1.29, 1.82) is 0 Å². The van der Waals surface area contributed by atoms with Gasteiger partial charge in [-0.3, -0.25) is 0 Å². The molecule has 0 radical (unpaired) electrons. The molecule has 2 aromatic heterocycles. The Labute approximate surface area is 187 Å². The van der Waals surface area contributed by atoms with E-state index in [2.05, 4.69) is 25.2 Å². The van der Waals surface area contributed by atoms with Crippen molar-refractivity contribution in [3.8, 4) is 17.3 Å². The topological polar surface area (TPSA) is 89.2 Å². The highest BCUT2D eigenvalue weighted by molar-refractivity contribution is 6.34. The van der Waals surface area contributed by atoms with Gasteiger partial charge in [-0.25, -0.2) is 4.98 Å².